The molecule has 0 fully saturated rings. The Balaban J connectivity index is 2.35. The summed E-state index contributed by atoms with van der Waals surface area (Å²) in [7, 11) is 0. The molecule has 0 saturated heterocycles. The third kappa shape index (κ3) is 8.29. The summed E-state index contributed by atoms with van der Waals surface area (Å²) in [4.78, 5) is 54.3. The fourth-order valence-corrected chi connectivity index (χ4v) is 4.13. The number of fused-ring (bicyclic) bond motifs is 1. The van der Waals surface area contributed by atoms with Gasteiger partial charge in [-0.15, -0.1) is 0 Å². The average Bonchev–Trinajstić information content (AvgIpc) is 3.27. The van der Waals surface area contributed by atoms with Gasteiger partial charge in [0.25, 0.3) is 0 Å². The van der Waals surface area contributed by atoms with Crippen molar-refractivity contribution in [1.82, 2.24) is 20.9 Å². The molecule has 0 spiro atoms. The van der Waals surface area contributed by atoms with Crippen molar-refractivity contribution >= 4 is 34.6 Å². The zero-order valence-corrected chi connectivity index (χ0v) is 22.7. The van der Waals surface area contributed by atoms with E-state index in [9.17, 15) is 29.4 Å². The van der Waals surface area contributed by atoms with E-state index in [0.717, 1.165) is 16.5 Å². The molecule has 3 amide bonds. The Morgan fingerprint density at radius 1 is 0.947 bits per heavy atom. The van der Waals surface area contributed by atoms with Gasteiger partial charge in [-0.3, -0.25) is 14.4 Å². The van der Waals surface area contributed by atoms with Gasteiger partial charge in [-0.05, 0) is 36.8 Å². The number of aliphatic hydroxyl groups is 1. The number of hydrogen-bond acceptors (Lipinski definition) is 6. The molecule has 0 aliphatic rings. The van der Waals surface area contributed by atoms with E-state index in [1.54, 1.807) is 13.1 Å². The van der Waals surface area contributed by atoms with Gasteiger partial charge in [0.05, 0.1) is 6.10 Å². The lowest BCUT2D eigenvalue weighted by Crippen LogP contribution is -2.59. The summed E-state index contributed by atoms with van der Waals surface area (Å²) in [5, 5.41) is 28.1. The Labute approximate surface area is 222 Å². The van der Waals surface area contributed by atoms with E-state index in [-0.39, 0.29) is 24.7 Å². The maximum atomic E-state index is 13.4. The number of para-hydroxylation sites is 1. The van der Waals surface area contributed by atoms with Crippen molar-refractivity contribution in [1.29, 1.82) is 0 Å². The molecule has 0 aliphatic heterocycles. The van der Waals surface area contributed by atoms with Crippen molar-refractivity contribution < 1.29 is 29.4 Å². The standard InChI is InChI=1S/C27H41N5O6/c1-6-15(4)23(27(37)38)32-25(35)21(12-17-13-29-19-10-8-7-9-18(17)19)30-24(34)20(11-14(2)3)31-26(36)22(28)16(5)33/h7-10,13-16,20-23,29,33H,6,11-12,28H2,1-5H3,(H,30,34)(H,31,36)(H,32,35)(H,37,38). The Hall–Kier alpha value is -3.44. The lowest BCUT2D eigenvalue weighted by atomic mass is 9.97. The summed E-state index contributed by atoms with van der Waals surface area (Å²) in [5.74, 6) is -3.44. The summed E-state index contributed by atoms with van der Waals surface area (Å²) in [6, 6.07) is 3.00. The highest BCUT2D eigenvalue weighted by molar-refractivity contribution is 5.95. The zero-order valence-electron chi connectivity index (χ0n) is 22.7. The van der Waals surface area contributed by atoms with Crippen molar-refractivity contribution in [3.05, 3.63) is 36.0 Å². The normalized spacial score (nSPS) is 16.2. The second-order valence-electron chi connectivity index (χ2n) is 10.3. The number of nitrogens with two attached hydrogens (primary N) is 1. The summed E-state index contributed by atoms with van der Waals surface area (Å²) >= 11 is 0. The number of benzene rings is 1. The molecule has 1 aromatic carbocycles. The minimum atomic E-state index is -1.23. The van der Waals surface area contributed by atoms with Crippen LogP contribution in [0.4, 0.5) is 0 Å². The Kier molecular flexibility index (Phi) is 11.3. The van der Waals surface area contributed by atoms with Gasteiger partial charge in [0.1, 0.15) is 24.2 Å². The van der Waals surface area contributed by atoms with Gasteiger partial charge in [-0.1, -0.05) is 52.3 Å². The molecule has 1 aromatic heterocycles. The van der Waals surface area contributed by atoms with Gasteiger partial charge in [0.2, 0.25) is 17.7 Å². The lowest BCUT2D eigenvalue weighted by molar-refractivity contribution is -0.143. The van der Waals surface area contributed by atoms with Crippen molar-refractivity contribution in [3.8, 4) is 0 Å². The Bertz CT molecular complexity index is 1110. The highest BCUT2D eigenvalue weighted by Crippen LogP contribution is 2.20. The Morgan fingerprint density at radius 2 is 1.55 bits per heavy atom. The molecule has 0 aliphatic carbocycles. The summed E-state index contributed by atoms with van der Waals surface area (Å²) in [5.41, 5.74) is 7.36. The average molecular weight is 532 g/mol. The number of carbonyl (C=O) groups is 4. The molecule has 0 bridgehead atoms. The number of rotatable bonds is 14. The molecule has 1 heterocycles. The van der Waals surface area contributed by atoms with Crippen LogP contribution in [0.1, 0.15) is 53.0 Å². The van der Waals surface area contributed by atoms with E-state index in [1.165, 1.54) is 6.92 Å². The molecule has 38 heavy (non-hydrogen) atoms. The molecule has 6 atom stereocenters. The third-order valence-electron chi connectivity index (χ3n) is 6.67. The van der Waals surface area contributed by atoms with Crippen LogP contribution in [0.3, 0.4) is 0 Å². The van der Waals surface area contributed by atoms with Crippen LogP contribution in [0, 0.1) is 11.8 Å². The minimum absolute atomic E-state index is 0.0107. The van der Waals surface area contributed by atoms with E-state index in [2.05, 4.69) is 20.9 Å². The number of H-pyrrole nitrogens is 1. The fraction of sp³-hybridized carbons (Fsp3) is 0.556. The molecular weight excluding hydrogens is 490 g/mol. The topological polar surface area (TPSA) is 187 Å². The Morgan fingerprint density at radius 3 is 2.13 bits per heavy atom. The van der Waals surface area contributed by atoms with E-state index >= 15 is 0 Å². The van der Waals surface area contributed by atoms with Crippen molar-refractivity contribution in [2.45, 2.75) is 84.2 Å². The number of hydrogen-bond donors (Lipinski definition) is 7. The van der Waals surface area contributed by atoms with Crippen molar-refractivity contribution in [3.63, 3.8) is 0 Å². The molecule has 2 rings (SSSR count). The van der Waals surface area contributed by atoms with Crippen LogP contribution < -0.4 is 21.7 Å². The number of aliphatic hydroxyl groups excluding tert-OH is 1. The first kappa shape index (κ1) is 30.8. The van der Waals surface area contributed by atoms with Crippen LogP contribution in [0.15, 0.2) is 30.5 Å². The van der Waals surface area contributed by atoms with Crippen LogP contribution in [0.25, 0.3) is 10.9 Å². The van der Waals surface area contributed by atoms with Crippen LogP contribution >= 0.6 is 0 Å². The highest BCUT2D eigenvalue weighted by Gasteiger charge is 2.33. The molecule has 0 saturated carbocycles. The maximum Gasteiger partial charge on any atom is 0.326 e. The molecule has 0 radical (unpaired) electrons. The van der Waals surface area contributed by atoms with Crippen molar-refractivity contribution in [2.75, 3.05) is 0 Å². The number of carboxylic acid groups (broad SMARTS) is 1. The van der Waals surface area contributed by atoms with E-state index in [0.29, 0.717) is 6.42 Å². The molecule has 6 unspecified atom stereocenters. The zero-order chi connectivity index (χ0) is 28.6. The van der Waals surface area contributed by atoms with Crippen LogP contribution in [-0.2, 0) is 25.6 Å². The van der Waals surface area contributed by atoms with E-state index < -0.39 is 54.0 Å². The first-order valence-corrected chi connectivity index (χ1v) is 13.0. The number of amides is 3. The van der Waals surface area contributed by atoms with Gasteiger partial charge in [0, 0.05) is 23.5 Å². The largest absolute Gasteiger partial charge is 0.480 e. The number of carboxylic acids is 1. The van der Waals surface area contributed by atoms with E-state index in [4.69, 9.17) is 5.73 Å². The predicted octanol–water partition coefficient (Wildman–Crippen LogP) is 1.05. The first-order valence-electron chi connectivity index (χ1n) is 13.0. The van der Waals surface area contributed by atoms with Crippen LogP contribution in [0.5, 0.6) is 0 Å². The fourth-order valence-electron chi connectivity index (χ4n) is 4.13. The number of aromatic amines is 1. The second kappa shape index (κ2) is 13.9. The number of carbonyl (C=O) groups excluding carboxylic acids is 3. The molecule has 11 nitrogen and oxygen atoms in total. The summed E-state index contributed by atoms with van der Waals surface area (Å²) in [6.45, 7) is 8.68. The number of nitrogens with one attached hydrogen (secondary N) is 4. The van der Waals surface area contributed by atoms with Crippen LogP contribution in [-0.4, -0.2) is 69.2 Å². The molecule has 2 aromatic rings. The van der Waals surface area contributed by atoms with Gasteiger partial charge in [-0.2, -0.15) is 0 Å². The molecule has 8 N–H and O–H groups in total. The van der Waals surface area contributed by atoms with Gasteiger partial charge >= 0.3 is 5.97 Å². The number of aromatic nitrogens is 1. The molecule has 210 valence electrons. The minimum Gasteiger partial charge on any atom is -0.480 e. The monoisotopic (exact) mass is 531 g/mol. The number of aliphatic carboxylic acids is 1. The lowest BCUT2D eigenvalue weighted by Gasteiger charge is -2.27. The van der Waals surface area contributed by atoms with Crippen LogP contribution in [0.2, 0.25) is 0 Å². The van der Waals surface area contributed by atoms with Gasteiger partial charge < -0.3 is 36.9 Å². The third-order valence-corrected chi connectivity index (χ3v) is 6.67. The van der Waals surface area contributed by atoms with Gasteiger partial charge in [0.15, 0.2) is 0 Å². The smallest absolute Gasteiger partial charge is 0.326 e. The summed E-state index contributed by atoms with van der Waals surface area (Å²) < 4.78 is 0. The quantitative estimate of drug-likeness (QED) is 0.190. The van der Waals surface area contributed by atoms with Crippen molar-refractivity contribution in [2.24, 2.45) is 17.6 Å². The first-order chi connectivity index (χ1) is 17.8. The molecule has 11 heteroatoms. The maximum absolute atomic E-state index is 13.4. The molecular formula is C27H41N5O6. The highest BCUT2D eigenvalue weighted by atomic mass is 16.4. The second-order valence-corrected chi connectivity index (χ2v) is 10.3. The van der Waals surface area contributed by atoms with E-state index in [1.807, 2.05) is 45.0 Å². The SMILES string of the molecule is CCC(C)C(NC(=O)C(Cc1c[nH]c2ccccc12)NC(=O)C(CC(C)C)NC(=O)C(N)C(C)O)C(=O)O. The van der Waals surface area contributed by atoms with Gasteiger partial charge in [-0.25, -0.2) is 4.79 Å². The summed E-state index contributed by atoms with van der Waals surface area (Å²) in [6.07, 6.45) is 1.50. The predicted molar refractivity (Wildman–Crippen MR) is 144 cm³/mol.